The summed E-state index contributed by atoms with van der Waals surface area (Å²) in [5.41, 5.74) is 0.753. The summed E-state index contributed by atoms with van der Waals surface area (Å²) in [6, 6.07) is 12.9. The Morgan fingerprint density at radius 2 is 1.81 bits per heavy atom. The third-order valence-electron chi connectivity index (χ3n) is 3.74. The molecule has 1 amide bonds. The Morgan fingerprint density at radius 3 is 2.46 bits per heavy atom. The summed E-state index contributed by atoms with van der Waals surface area (Å²) in [6.45, 7) is 0.0486. The molecule has 2 aromatic rings. The molecule has 0 saturated heterocycles. The van der Waals surface area contributed by atoms with Gasteiger partial charge in [-0.05, 0) is 18.2 Å². The van der Waals surface area contributed by atoms with E-state index in [0.717, 1.165) is 6.26 Å². The largest absolute Gasteiger partial charge is 0.496 e. The maximum absolute atomic E-state index is 13.6. The van der Waals surface area contributed by atoms with Crippen LogP contribution in [0.25, 0.3) is 0 Å². The molecule has 0 spiro atoms. The van der Waals surface area contributed by atoms with Crippen LogP contribution in [0.4, 0.5) is 10.1 Å². The lowest BCUT2D eigenvalue weighted by Gasteiger charge is -2.21. The molecule has 0 saturated carbocycles. The number of nitrogens with zero attached hydrogens (tertiary/aromatic N) is 1. The van der Waals surface area contributed by atoms with Gasteiger partial charge in [-0.1, -0.05) is 30.3 Å². The molecule has 8 heteroatoms. The second kappa shape index (κ2) is 8.77. The average Bonchev–Trinajstić information content (AvgIpc) is 2.60. The molecule has 0 aliphatic heterocycles. The van der Waals surface area contributed by atoms with Gasteiger partial charge in [-0.3, -0.25) is 4.79 Å². The molecule has 0 atom stereocenters. The summed E-state index contributed by atoms with van der Waals surface area (Å²) in [5.74, 6) is -0.449. The Labute approximate surface area is 152 Å². The number of carbonyl (C=O) groups excluding carboxylic acids is 1. The highest BCUT2D eigenvalue weighted by molar-refractivity contribution is 7.88. The zero-order valence-electron chi connectivity index (χ0n) is 14.6. The van der Waals surface area contributed by atoms with Crippen molar-refractivity contribution in [1.29, 1.82) is 0 Å². The number of hydrogen-bond acceptors (Lipinski definition) is 4. The predicted octanol–water partition coefficient (Wildman–Crippen LogP) is 2.62. The Balaban J connectivity index is 2.05. The van der Waals surface area contributed by atoms with Crippen molar-refractivity contribution in [2.75, 3.05) is 25.2 Å². The van der Waals surface area contributed by atoms with Crippen LogP contribution < -0.4 is 10.1 Å². The van der Waals surface area contributed by atoms with Crippen LogP contribution in [0, 0.1) is 5.82 Å². The van der Waals surface area contributed by atoms with E-state index >= 15 is 0 Å². The van der Waals surface area contributed by atoms with Crippen LogP contribution in [0.15, 0.2) is 48.5 Å². The second-order valence-corrected chi connectivity index (χ2v) is 7.67. The highest BCUT2D eigenvalue weighted by atomic mass is 32.2. The summed E-state index contributed by atoms with van der Waals surface area (Å²) in [5, 5.41) is 2.44. The van der Waals surface area contributed by atoms with Gasteiger partial charge >= 0.3 is 0 Å². The molecule has 0 aliphatic rings. The quantitative estimate of drug-likeness (QED) is 0.764. The maximum Gasteiger partial charge on any atom is 0.225 e. The zero-order valence-corrected chi connectivity index (χ0v) is 15.4. The van der Waals surface area contributed by atoms with Crippen molar-refractivity contribution in [3.8, 4) is 5.75 Å². The smallest absolute Gasteiger partial charge is 0.225 e. The molecular formula is C18H21FN2O4S. The lowest BCUT2D eigenvalue weighted by Crippen LogP contribution is -2.32. The number of nitrogens with one attached hydrogen (secondary N) is 1. The van der Waals surface area contributed by atoms with Gasteiger partial charge in [-0.15, -0.1) is 0 Å². The van der Waals surface area contributed by atoms with Crippen molar-refractivity contribution < 1.29 is 22.3 Å². The molecule has 0 unspecified atom stereocenters. The van der Waals surface area contributed by atoms with Crippen LogP contribution in [-0.2, 0) is 21.4 Å². The molecule has 26 heavy (non-hydrogen) atoms. The molecule has 0 bridgehead atoms. The van der Waals surface area contributed by atoms with E-state index in [9.17, 15) is 17.6 Å². The topological polar surface area (TPSA) is 75.7 Å². The van der Waals surface area contributed by atoms with E-state index in [1.807, 2.05) is 0 Å². The van der Waals surface area contributed by atoms with E-state index in [0.29, 0.717) is 11.3 Å². The van der Waals surface area contributed by atoms with Gasteiger partial charge in [0.2, 0.25) is 15.9 Å². The van der Waals surface area contributed by atoms with E-state index in [1.54, 1.807) is 30.3 Å². The summed E-state index contributed by atoms with van der Waals surface area (Å²) in [4.78, 5) is 12.0. The van der Waals surface area contributed by atoms with Gasteiger partial charge in [0, 0.05) is 25.1 Å². The molecule has 0 aliphatic carbocycles. The first kappa shape index (κ1) is 19.9. The third-order valence-corrected chi connectivity index (χ3v) is 4.99. The lowest BCUT2D eigenvalue weighted by atomic mass is 10.2. The fourth-order valence-corrected chi connectivity index (χ4v) is 3.18. The van der Waals surface area contributed by atoms with E-state index in [-0.39, 0.29) is 25.2 Å². The highest BCUT2D eigenvalue weighted by Crippen LogP contribution is 2.20. The first-order valence-corrected chi connectivity index (χ1v) is 9.77. The number of methoxy groups -OCH3 is 1. The van der Waals surface area contributed by atoms with Crippen LogP contribution in [0.3, 0.4) is 0 Å². The van der Waals surface area contributed by atoms with Gasteiger partial charge in [0.25, 0.3) is 0 Å². The van der Waals surface area contributed by atoms with Crippen LogP contribution >= 0.6 is 0 Å². The molecule has 2 aromatic carbocycles. The molecule has 0 heterocycles. The lowest BCUT2D eigenvalue weighted by molar-refractivity contribution is -0.116. The van der Waals surface area contributed by atoms with Crippen molar-refractivity contribution >= 4 is 21.6 Å². The van der Waals surface area contributed by atoms with Gasteiger partial charge in [-0.2, -0.15) is 4.31 Å². The van der Waals surface area contributed by atoms with E-state index in [4.69, 9.17) is 4.74 Å². The number of para-hydroxylation sites is 2. The Hall–Kier alpha value is -2.45. The van der Waals surface area contributed by atoms with Gasteiger partial charge in [0.15, 0.2) is 0 Å². The van der Waals surface area contributed by atoms with Crippen molar-refractivity contribution in [3.63, 3.8) is 0 Å². The summed E-state index contributed by atoms with van der Waals surface area (Å²) < 4.78 is 44.1. The average molecular weight is 380 g/mol. The van der Waals surface area contributed by atoms with E-state index < -0.39 is 21.7 Å². The first-order valence-electron chi connectivity index (χ1n) is 7.92. The SMILES string of the molecule is COc1ccccc1CN(CCC(=O)Nc1ccccc1F)S(C)(=O)=O. The van der Waals surface area contributed by atoms with Gasteiger partial charge < -0.3 is 10.1 Å². The molecule has 1 N–H and O–H groups in total. The van der Waals surface area contributed by atoms with E-state index in [1.165, 1.54) is 29.6 Å². The van der Waals surface area contributed by atoms with Gasteiger partial charge in [-0.25, -0.2) is 12.8 Å². The Bertz CT molecular complexity index is 871. The first-order chi connectivity index (χ1) is 12.3. The standard InChI is InChI=1S/C18H21FN2O4S/c1-25-17-10-6-3-7-14(17)13-21(26(2,23)24)12-11-18(22)20-16-9-5-4-8-15(16)19/h3-10H,11-13H2,1-2H3,(H,20,22). The monoisotopic (exact) mass is 380 g/mol. The van der Waals surface area contributed by atoms with Crippen molar-refractivity contribution in [2.24, 2.45) is 0 Å². The van der Waals surface area contributed by atoms with Gasteiger partial charge in [0.1, 0.15) is 11.6 Å². The minimum absolute atomic E-state index is 0.0306. The maximum atomic E-state index is 13.6. The van der Waals surface area contributed by atoms with Crippen molar-refractivity contribution in [3.05, 3.63) is 59.9 Å². The Morgan fingerprint density at radius 1 is 1.15 bits per heavy atom. The number of hydrogen-bond donors (Lipinski definition) is 1. The van der Waals surface area contributed by atoms with Crippen molar-refractivity contribution in [1.82, 2.24) is 4.31 Å². The normalized spacial score (nSPS) is 11.4. The summed E-state index contributed by atoms with van der Waals surface area (Å²) in [7, 11) is -2.04. The number of halogens is 1. The van der Waals surface area contributed by atoms with Crippen molar-refractivity contribution in [2.45, 2.75) is 13.0 Å². The molecule has 0 aromatic heterocycles. The number of sulfonamides is 1. The molecule has 140 valence electrons. The number of carbonyl (C=O) groups is 1. The molecular weight excluding hydrogens is 359 g/mol. The molecule has 2 rings (SSSR count). The fourth-order valence-electron chi connectivity index (χ4n) is 2.39. The third kappa shape index (κ3) is 5.53. The van der Waals surface area contributed by atoms with Crippen LogP contribution in [0.1, 0.15) is 12.0 Å². The second-order valence-electron chi connectivity index (χ2n) is 5.69. The predicted molar refractivity (Wildman–Crippen MR) is 97.9 cm³/mol. The fraction of sp³-hybridized carbons (Fsp3) is 0.278. The number of rotatable bonds is 8. The number of amides is 1. The Kier molecular flexibility index (Phi) is 6.70. The number of benzene rings is 2. The van der Waals surface area contributed by atoms with Crippen LogP contribution in [0.5, 0.6) is 5.75 Å². The van der Waals surface area contributed by atoms with Crippen LogP contribution in [-0.4, -0.2) is 38.5 Å². The number of ether oxygens (including phenoxy) is 1. The highest BCUT2D eigenvalue weighted by Gasteiger charge is 2.20. The van der Waals surface area contributed by atoms with Crippen LogP contribution in [0.2, 0.25) is 0 Å². The van der Waals surface area contributed by atoms with Gasteiger partial charge in [0.05, 0.1) is 19.1 Å². The molecule has 0 radical (unpaired) electrons. The van der Waals surface area contributed by atoms with E-state index in [2.05, 4.69) is 5.32 Å². The molecule has 6 nitrogen and oxygen atoms in total. The summed E-state index contributed by atoms with van der Waals surface area (Å²) >= 11 is 0. The molecule has 0 fully saturated rings. The number of anilines is 1. The zero-order chi connectivity index (χ0) is 19.2. The minimum Gasteiger partial charge on any atom is -0.496 e. The summed E-state index contributed by atoms with van der Waals surface area (Å²) in [6.07, 6.45) is 0.980. The minimum atomic E-state index is -3.54.